The van der Waals surface area contributed by atoms with Crippen LogP contribution in [0.1, 0.15) is 45.4 Å². The number of nitrogens with zero attached hydrogens (tertiary/aromatic N) is 3. The van der Waals surface area contributed by atoms with Crippen molar-refractivity contribution in [3.63, 3.8) is 0 Å². The first-order valence-corrected chi connectivity index (χ1v) is 11.5. The fraction of sp³-hybridized carbons (Fsp3) is 0.520. The van der Waals surface area contributed by atoms with E-state index in [4.69, 9.17) is 4.74 Å². The van der Waals surface area contributed by atoms with Crippen molar-refractivity contribution in [3.05, 3.63) is 41.7 Å². The maximum atomic E-state index is 13.7. The zero-order valence-corrected chi connectivity index (χ0v) is 19.5. The summed E-state index contributed by atoms with van der Waals surface area (Å²) in [4.78, 5) is 36.4. The molecule has 0 spiro atoms. The summed E-state index contributed by atoms with van der Waals surface area (Å²) in [7, 11) is 2.12. The first kappa shape index (κ1) is 21.1. The van der Waals surface area contributed by atoms with Crippen LogP contribution < -0.4 is 0 Å². The summed E-state index contributed by atoms with van der Waals surface area (Å²) in [5.41, 5.74) is 2.83. The standard InChI is InChI=1S/C25H32N4O3/c1-15(2)32-23(30)19-13-28(24(31)29-12-16-10-17(29)11-27(16)5)14-25(3,4)21-18-8-6-7-9-20(18)26-22(19)21/h6-9,13,15-17,26H,10-12,14H2,1-5H3/t16-,17-/m0/s1. The third kappa shape index (κ3) is 3.30. The Labute approximate surface area is 189 Å². The molecule has 7 heteroatoms. The number of likely N-dealkylation sites (tertiary alicyclic amines) is 2. The van der Waals surface area contributed by atoms with Crippen molar-refractivity contribution in [1.29, 1.82) is 0 Å². The first-order chi connectivity index (χ1) is 15.2. The number of para-hydroxylation sites is 1. The Morgan fingerprint density at radius 3 is 2.56 bits per heavy atom. The topological polar surface area (TPSA) is 68.9 Å². The zero-order chi connectivity index (χ0) is 22.8. The Kier molecular flexibility index (Phi) is 4.85. The predicted octanol–water partition coefficient (Wildman–Crippen LogP) is 3.56. The molecular formula is C25H32N4O3. The highest BCUT2D eigenvalue weighted by molar-refractivity contribution is 6.18. The fourth-order valence-corrected chi connectivity index (χ4v) is 5.64. The molecule has 3 aliphatic heterocycles. The molecule has 2 aromatic rings. The molecular weight excluding hydrogens is 404 g/mol. The lowest BCUT2D eigenvalue weighted by Crippen LogP contribution is -2.52. The van der Waals surface area contributed by atoms with Gasteiger partial charge in [0.2, 0.25) is 0 Å². The summed E-state index contributed by atoms with van der Waals surface area (Å²) >= 11 is 0. The van der Waals surface area contributed by atoms with Gasteiger partial charge in [-0.3, -0.25) is 9.80 Å². The summed E-state index contributed by atoms with van der Waals surface area (Å²) < 4.78 is 5.60. The number of hydrogen-bond acceptors (Lipinski definition) is 4. The number of piperazine rings is 1. The number of carbonyl (C=O) groups excluding carboxylic acids is 2. The third-order valence-electron chi connectivity index (χ3n) is 7.07. The van der Waals surface area contributed by atoms with Gasteiger partial charge < -0.3 is 14.6 Å². The minimum absolute atomic E-state index is 0.0250. The summed E-state index contributed by atoms with van der Waals surface area (Å²) in [5.74, 6) is -0.411. The smallest absolute Gasteiger partial charge is 0.342 e. The SMILES string of the molecule is CC(C)OC(=O)C1=CN(C(=O)N2C[C@@H]3C[C@H]2CN3C)CC(C)(C)c2c1[nH]c1ccccc21. The number of ether oxygens (including phenoxy) is 1. The third-order valence-corrected chi connectivity index (χ3v) is 7.07. The van der Waals surface area contributed by atoms with Crippen molar-refractivity contribution in [3.8, 4) is 0 Å². The number of benzene rings is 1. The zero-order valence-electron chi connectivity index (χ0n) is 19.5. The van der Waals surface area contributed by atoms with Crippen LogP contribution in [0.2, 0.25) is 0 Å². The summed E-state index contributed by atoms with van der Waals surface area (Å²) in [6.45, 7) is 10.1. The van der Waals surface area contributed by atoms with Gasteiger partial charge in [-0.05, 0) is 38.9 Å². The molecule has 2 bridgehead atoms. The number of urea groups is 1. The van der Waals surface area contributed by atoms with Crippen LogP contribution in [0.4, 0.5) is 4.79 Å². The van der Waals surface area contributed by atoms with Crippen LogP contribution >= 0.6 is 0 Å². The number of hydrogen-bond donors (Lipinski definition) is 1. The van der Waals surface area contributed by atoms with Gasteiger partial charge in [0.25, 0.3) is 0 Å². The number of carbonyl (C=O) groups is 2. The Balaban J connectivity index is 1.59. The Morgan fingerprint density at radius 1 is 1.16 bits per heavy atom. The molecule has 32 heavy (non-hydrogen) atoms. The Morgan fingerprint density at radius 2 is 1.91 bits per heavy atom. The highest BCUT2D eigenvalue weighted by Crippen LogP contribution is 2.41. The van der Waals surface area contributed by atoms with Crippen molar-refractivity contribution in [1.82, 2.24) is 19.7 Å². The minimum atomic E-state index is -0.411. The highest BCUT2D eigenvalue weighted by atomic mass is 16.5. The number of H-pyrrole nitrogens is 1. The van der Waals surface area contributed by atoms with Crippen molar-refractivity contribution in [2.24, 2.45) is 0 Å². The fourth-order valence-electron chi connectivity index (χ4n) is 5.64. The molecule has 1 N–H and O–H groups in total. The maximum Gasteiger partial charge on any atom is 0.342 e. The van der Waals surface area contributed by atoms with Crippen LogP contribution in [-0.4, -0.2) is 76.6 Å². The van der Waals surface area contributed by atoms with Crippen LogP contribution in [0.25, 0.3) is 16.5 Å². The van der Waals surface area contributed by atoms with E-state index in [2.05, 4.69) is 36.8 Å². The highest BCUT2D eigenvalue weighted by Gasteiger charge is 2.46. The number of likely N-dealkylation sites (N-methyl/N-ethyl adjacent to an activating group) is 1. The monoisotopic (exact) mass is 436 g/mol. The number of rotatable bonds is 2. The lowest BCUT2D eigenvalue weighted by atomic mass is 9.82. The van der Waals surface area contributed by atoms with Crippen molar-refractivity contribution >= 4 is 28.5 Å². The lowest BCUT2D eigenvalue weighted by molar-refractivity contribution is -0.140. The van der Waals surface area contributed by atoms with Gasteiger partial charge in [0.1, 0.15) is 0 Å². The van der Waals surface area contributed by atoms with Crippen LogP contribution in [0.15, 0.2) is 30.5 Å². The summed E-state index contributed by atoms with van der Waals surface area (Å²) in [6.07, 6.45) is 2.49. The van der Waals surface area contributed by atoms with Crippen LogP contribution in [0, 0.1) is 0 Å². The molecule has 0 aliphatic carbocycles. The Bertz CT molecular complexity index is 1110. The van der Waals surface area contributed by atoms with Crippen molar-refractivity contribution in [2.75, 3.05) is 26.7 Å². The normalized spacial score (nSPS) is 24.6. The second kappa shape index (κ2) is 7.37. The molecule has 7 nitrogen and oxygen atoms in total. The molecule has 3 aliphatic rings. The molecule has 0 radical (unpaired) electrons. The van der Waals surface area contributed by atoms with Gasteiger partial charge in [-0.1, -0.05) is 32.0 Å². The van der Waals surface area contributed by atoms with E-state index in [1.807, 2.05) is 36.9 Å². The van der Waals surface area contributed by atoms with Gasteiger partial charge in [0.15, 0.2) is 0 Å². The second-order valence-corrected chi connectivity index (χ2v) is 10.3. The van der Waals surface area contributed by atoms with Crippen molar-refractivity contribution in [2.45, 2.75) is 57.7 Å². The van der Waals surface area contributed by atoms with E-state index in [-0.39, 0.29) is 23.6 Å². The molecule has 0 saturated carbocycles. The number of amides is 2. The number of fused-ring (bicyclic) bond motifs is 5. The molecule has 4 heterocycles. The molecule has 2 atom stereocenters. The average Bonchev–Trinajstić information content (AvgIpc) is 3.39. The van der Waals surface area contributed by atoms with Gasteiger partial charge in [-0.2, -0.15) is 0 Å². The van der Waals surface area contributed by atoms with E-state index in [1.54, 1.807) is 11.1 Å². The summed E-state index contributed by atoms with van der Waals surface area (Å²) in [5, 5.41) is 1.08. The van der Waals surface area contributed by atoms with Crippen LogP contribution in [0.3, 0.4) is 0 Å². The summed E-state index contributed by atoms with van der Waals surface area (Å²) in [6, 6.07) is 8.72. The molecule has 1 aromatic heterocycles. The van der Waals surface area contributed by atoms with Gasteiger partial charge in [-0.25, -0.2) is 9.59 Å². The molecule has 5 rings (SSSR count). The largest absolute Gasteiger partial charge is 0.459 e. The number of nitrogens with one attached hydrogen (secondary N) is 1. The number of aromatic amines is 1. The predicted molar refractivity (Wildman–Crippen MR) is 124 cm³/mol. The van der Waals surface area contributed by atoms with E-state index < -0.39 is 5.97 Å². The van der Waals surface area contributed by atoms with Crippen LogP contribution in [0.5, 0.6) is 0 Å². The molecule has 2 fully saturated rings. The van der Waals surface area contributed by atoms with Crippen molar-refractivity contribution < 1.29 is 14.3 Å². The van der Waals surface area contributed by atoms with E-state index in [1.165, 1.54) is 0 Å². The minimum Gasteiger partial charge on any atom is -0.459 e. The van der Waals surface area contributed by atoms with E-state index in [9.17, 15) is 9.59 Å². The van der Waals surface area contributed by atoms with Gasteiger partial charge in [-0.15, -0.1) is 0 Å². The number of esters is 1. The van der Waals surface area contributed by atoms with E-state index in [0.717, 1.165) is 41.7 Å². The molecule has 1 aromatic carbocycles. The maximum absolute atomic E-state index is 13.7. The molecule has 2 saturated heterocycles. The molecule has 170 valence electrons. The molecule has 2 amide bonds. The Hall–Kier alpha value is -2.80. The first-order valence-electron chi connectivity index (χ1n) is 11.5. The second-order valence-electron chi connectivity index (χ2n) is 10.3. The quantitative estimate of drug-likeness (QED) is 0.731. The van der Waals surface area contributed by atoms with Gasteiger partial charge >= 0.3 is 12.0 Å². The van der Waals surface area contributed by atoms with Gasteiger partial charge in [0.05, 0.1) is 17.4 Å². The lowest BCUT2D eigenvalue weighted by Gasteiger charge is -2.37. The average molecular weight is 437 g/mol. The van der Waals surface area contributed by atoms with E-state index in [0.29, 0.717) is 18.2 Å². The molecule has 0 unspecified atom stereocenters. The van der Waals surface area contributed by atoms with Crippen LogP contribution in [-0.2, 0) is 14.9 Å². The van der Waals surface area contributed by atoms with E-state index >= 15 is 0 Å². The van der Waals surface area contributed by atoms with Gasteiger partial charge in [0, 0.05) is 54.2 Å². The number of aromatic nitrogens is 1.